The van der Waals surface area contributed by atoms with Crippen LogP contribution in [0, 0.1) is 13.8 Å². The van der Waals surface area contributed by atoms with Crippen LogP contribution >= 0.6 is 12.4 Å². The number of nitrogens with zero attached hydrogens (tertiary/aromatic N) is 1. The standard InChI is InChI=1S/C17H26N2O2.ClH/c1-12-5-6-16(11-13(12)2)21-10-7-17(20)19-9-8-18-14(3)15(19)4;/h5-6,11,14-15,18H,7-10H2,1-4H3;1H. The zero-order valence-electron chi connectivity index (χ0n) is 13.9. The summed E-state index contributed by atoms with van der Waals surface area (Å²) >= 11 is 0. The van der Waals surface area contributed by atoms with Crippen LogP contribution in [-0.2, 0) is 4.79 Å². The quantitative estimate of drug-likeness (QED) is 0.925. The molecule has 1 heterocycles. The number of nitrogens with one attached hydrogen (secondary N) is 1. The molecule has 2 unspecified atom stereocenters. The molecule has 5 heteroatoms. The second-order valence-corrected chi connectivity index (χ2v) is 5.92. The van der Waals surface area contributed by atoms with E-state index in [0.717, 1.165) is 18.8 Å². The molecule has 1 aliphatic rings. The van der Waals surface area contributed by atoms with Crippen molar-refractivity contribution in [1.29, 1.82) is 0 Å². The van der Waals surface area contributed by atoms with Crippen molar-refractivity contribution in [2.24, 2.45) is 0 Å². The van der Waals surface area contributed by atoms with Gasteiger partial charge in [-0.2, -0.15) is 0 Å². The Hall–Kier alpha value is -1.26. The lowest BCUT2D eigenvalue weighted by molar-refractivity contribution is -0.135. The minimum absolute atomic E-state index is 0. The maximum absolute atomic E-state index is 12.3. The summed E-state index contributed by atoms with van der Waals surface area (Å²) < 4.78 is 5.70. The van der Waals surface area contributed by atoms with E-state index in [1.54, 1.807) is 0 Å². The van der Waals surface area contributed by atoms with Crippen molar-refractivity contribution >= 4 is 18.3 Å². The molecule has 1 aliphatic heterocycles. The fourth-order valence-corrected chi connectivity index (χ4v) is 2.61. The van der Waals surface area contributed by atoms with Crippen molar-refractivity contribution in [3.63, 3.8) is 0 Å². The van der Waals surface area contributed by atoms with Crippen molar-refractivity contribution in [2.75, 3.05) is 19.7 Å². The van der Waals surface area contributed by atoms with Gasteiger partial charge in [-0.3, -0.25) is 4.79 Å². The Bertz CT molecular complexity index is 507. The molecule has 0 saturated carbocycles. The second-order valence-electron chi connectivity index (χ2n) is 5.92. The number of benzene rings is 1. The molecule has 1 aromatic carbocycles. The van der Waals surface area contributed by atoms with Gasteiger partial charge in [0.15, 0.2) is 0 Å². The zero-order valence-corrected chi connectivity index (χ0v) is 14.7. The van der Waals surface area contributed by atoms with E-state index in [0.29, 0.717) is 19.1 Å². The highest BCUT2D eigenvalue weighted by molar-refractivity contribution is 5.85. The summed E-state index contributed by atoms with van der Waals surface area (Å²) in [7, 11) is 0. The third-order valence-corrected chi connectivity index (χ3v) is 4.42. The molecule has 4 nitrogen and oxygen atoms in total. The van der Waals surface area contributed by atoms with Gasteiger partial charge in [-0.15, -0.1) is 12.4 Å². The van der Waals surface area contributed by atoms with E-state index < -0.39 is 0 Å². The number of ether oxygens (including phenoxy) is 1. The highest BCUT2D eigenvalue weighted by atomic mass is 35.5. The Balaban J connectivity index is 0.00000242. The second kappa shape index (κ2) is 8.39. The first-order valence-electron chi connectivity index (χ1n) is 7.72. The van der Waals surface area contributed by atoms with Crippen LogP contribution < -0.4 is 10.1 Å². The van der Waals surface area contributed by atoms with Gasteiger partial charge in [0.1, 0.15) is 5.75 Å². The van der Waals surface area contributed by atoms with Crippen molar-refractivity contribution < 1.29 is 9.53 Å². The summed E-state index contributed by atoms with van der Waals surface area (Å²) in [5, 5.41) is 3.38. The first kappa shape index (κ1) is 18.8. The van der Waals surface area contributed by atoms with Gasteiger partial charge in [-0.05, 0) is 51.0 Å². The van der Waals surface area contributed by atoms with Crippen molar-refractivity contribution in [2.45, 2.75) is 46.2 Å². The van der Waals surface area contributed by atoms with Crippen LogP contribution in [0.5, 0.6) is 5.75 Å². The summed E-state index contributed by atoms with van der Waals surface area (Å²) in [6.07, 6.45) is 0.435. The van der Waals surface area contributed by atoms with Crippen LogP contribution in [0.4, 0.5) is 0 Å². The average molecular weight is 327 g/mol. The molecule has 1 aromatic rings. The molecule has 2 rings (SSSR count). The number of piperazine rings is 1. The van der Waals surface area contributed by atoms with E-state index in [4.69, 9.17) is 4.74 Å². The van der Waals surface area contributed by atoms with Gasteiger partial charge in [0.2, 0.25) is 5.91 Å². The number of hydrogen-bond acceptors (Lipinski definition) is 3. The fourth-order valence-electron chi connectivity index (χ4n) is 2.61. The maximum Gasteiger partial charge on any atom is 0.226 e. The van der Waals surface area contributed by atoms with E-state index in [-0.39, 0.29) is 24.4 Å². The Labute approximate surface area is 139 Å². The maximum atomic E-state index is 12.3. The van der Waals surface area contributed by atoms with E-state index in [9.17, 15) is 4.79 Å². The smallest absolute Gasteiger partial charge is 0.226 e. The molecular weight excluding hydrogens is 300 g/mol. The molecular formula is C17H27ClN2O2. The summed E-state index contributed by atoms with van der Waals surface area (Å²) in [5.41, 5.74) is 2.46. The number of aryl methyl sites for hydroxylation is 2. The highest BCUT2D eigenvalue weighted by Crippen LogP contribution is 2.17. The normalized spacial score (nSPS) is 21.2. The molecule has 22 heavy (non-hydrogen) atoms. The van der Waals surface area contributed by atoms with E-state index >= 15 is 0 Å². The van der Waals surface area contributed by atoms with Crippen LogP contribution in [0.1, 0.15) is 31.4 Å². The highest BCUT2D eigenvalue weighted by Gasteiger charge is 2.27. The largest absolute Gasteiger partial charge is 0.493 e. The molecule has 1 amide bonds. The molecule has 1 saturated heterocycles. The molecule has 0 aliphatic carbocycles. The lowest BCUT2D eigenvalue weighted by atomic mass is 10.1. The van der Waals surface area contributed by atoms with E-state index in [1.807, 2.05) is 23.1 Å². The van der Waals surface area contributed by atoms with Gasteiger partial charge in [-0.1, -0.05) is 6.07 Å². The van der Waals surface area contributed by atoms with Gasteiger partial charge in [0, 0.05) is 25.2 Å². The van der Waals surface area contributed by atoms with Gasteiger partial charge < -0.3 is 15.0 Å². The van der Waals surface area contributed by atoms with Gasteiger partial charge >= 0.3 is 0 Å². The topological polar surface area (TPSA) is 41.6 Å². The first-order chi connectivity index (χ1) is 9.99. The van der Waals surface area contributed by atoms with Crippen molar-refractivity contribution in [1.82, 2.24) is 10.2 Å². The molecule has 2 atom stereocenters. The number of carbonyl (C=O) groups excluding carboxylic acids is 1. The average Bonchev–Trinajstić information content (AvgIpc) is 2.45. The molecule has 0 spiro atoms. The minimum Gasteiger partial charge on any atom is -0.493 e. The third-order valence-electron chi connectivity index (χ3n) is 4.42. The molecule has 1 fully saturated rings. The first-order valence-corrected chi connectivity index (χ1v) is 7.72. The van der Waals surface area contributed by atoms with Crippen LogP contribution in [0.15, 0.2) is 18.2 Å². The fraction of sp³-hybridized carbons (Fsp3) is 0.588. The number of rotatable bonds is 4. The number of amides is 1. The lowest BCUT2D eigenvalue weighted by Gasteiger charge is -2.38. The predicted octanol–water partition coefficient (Wildman–Crippen LogP) is 2.70. The summed E-state index contributed by atoms with van der Waals surface area (Å²) in [4.78, 5) is 14.2. The van der Waals surface area contributed by atoms with Crippen LogP contribution in [0.2, 0.25) is 0 Å². The zero-order chi connectivity index (χ0) is 15.4. The van der Waals surface area contributed by atoms with Gasteiger partial charge in [0.05, 0.1) is 13.0 Å². The lowest BCUT2D eigenvalue weighted by Crippen LogP contribution is -2.57. The van der Waals surface area contributed by atoms with Gasteiger partial charge in [-0.25, -0.2) is 0 Å². The molecule has 0 aromatic heterocycles. The van der Waals surface area contributed by atoms with Crippen LogP contribution in [0.25, 0.3) is 0 Å². The Morgan fingerprint density at radius 1 is 1.32 bits per heavy atom. The number of carbonyl (C=O) groups is 1. The monoisotopic (exact) mass is 326 g/mol. The molecule has 1 N–H and O–H groups in total. The van der Waals surface area contributed by atoms with Crippen LogP contribution in [-0.4, -0.2) is 42.6 Å². The molecule has 124 valence electrons. The van der Waals surface area contributed by atoms with E-state index in [1.165, 1.54) is 11.1 Å². The Kier molecular flexibility index (Phi) is 7.17. The number of halogens is 1. The van der Waals surface area contributed by atoms with Crippen molar-refractivity contribution in [3.8, 4) is 5.75 Å². The molecule has 0 radical (unpaired) electrons. The summed E-state index contributed by atoms with van der Waals surface area (Å²) in [6.45, 7) is 10.5. The SMILES string of the molecule is Cc1ccc(OCCC(=O)N2CCNC(C)C2C)cc1C.Cl. The molecule has 0 bridgehead atoms. The predicted molar refractivity (Wildman–Crippen MR) is 91.9 cm³/mol. The van der Waals surface area contributed by atoms with E-state index in [2.05, 4.69) is 33.0 Å². The Morgan fingerprint density at radius 2 is 2.05 bits per heavy atom. The summed E-state index contributed by atoms with van der Waals surface area (Å²) in [6, 6.07) is 6.63. The third kappa shape index (κ3) is 4.62. The minimum atomic E-state index is 0. The number of hydrogen-bond donors (Lipinski definition) is 1. The van der Waals surface area contributed by atoms with Crippen molar-refractivity contribution in [3.05, 3.63) is 29.3 Å². The Morgan fingerprint density at radius 3 is 2.73 bits per heavy atom. The van der Waals surface area contributed by atoms with Crippen LogP contribution in [0.3, 0.4) is 0 Å². The summed E-state index contributed by atoms with van der Waals surface area (Å²) in [5.74, 6) is 1.02. The van der Waals surface area contributed by atoms with Gasteiger partial charge in [0.25, 0.3) is 0 Å².